The molecule has 0 unspecified atom stereocenters. The monoisotopic (exact) mass is 408 g/mol. The lowest BCUT2D eigenvalue weighted by Crippen LogP contribution is -2.23. The molecule has 0 aromatic heterocycles. The zero-order valence-electron chi connectivity index (χ0n) is 14.5. The topological polar surface area (TPSA) is 57.2 Å². The summed E-state index contributed by atoms with van der Waals surface area (Å²) in [5, 5.41) is -4.15. The van der Waals surface area contributed by atoms with Crippen molar-refractivity contribution in [3.8, 4) is 0 Å². The number of hydrogen-bond acceptors (Lipinski definition) is 3. The number of rotatable bonds is 4. The molecular weight excluding hydrogens is 390 g/mol. The van der Waals surface area contributed by atoms with Gasteiger partial charge in [-0.1, -0.05) is 54.6 Å². The lowest BCUT2D eigenvalue weighted by atomic mass is 10.4. The molecule has 3 rings (SSSR count). The van der Waals surface area contributed by atoms with Crippen molar-refractivity contribution in [1.82, 2.24) is 0 Å². The first-order valence-corrected chi connectivity index (χ1v) is 10.6. The predicted octanol–water partition coefficient (Wildman–Crippen LogP) is 4.93. The highest BCUT2D eigenvalue weighted by atomic mass is 32.2. The second-order valence-electron chi connectivity index (χ2n) is 5.51. The highest BCUT2D eigenvalue weighted by Crippen LogP contribution is 2.30. The molecule has 27 heavy (non-hydrogen) atoms. The highest BCUT2D eigenvalue weighted by molar-refractivity contribution is 7.97. The Bertz CT molecular complexity index is 833. The molecule has 3 nitrogen and oxygen atoms in total. The van der Waals surface area contributed by atoms with Crippen LogP contribution in [0.3, 0.4) is 0 Å². The molecule has 0 amide bonds. The van der Waals surface area contributed by atoms with Crippen molar-refractivity contribution in [2.24, 2.45) is 0 Å². The Morgan fingerprint density at radius 3 is 1.11 bits per heavy atom. The van der Waals surface area contributed by atoms with Gasteiger partial charge in [0.05, 0.1) is 10.9 Å². The van der Waals surface area contributed by atoms with Crippen LogP contribution in [0.4, 0.5) is 8.78 Å². The molecule has 0 fully saturated rings. The second-order valence-corrected chi connectivity index (χ2v) is 9.16. The third-order valence-electron chi connectivity index (χ3n) is 3.38. The Kier molecular flexibility index (Phi) is 7.12. The summed E-state index contributed by atoms with van der Waals surface area (Å²) in [6, 6.07) is 32.2. The van der Waals surface area contributed by atoms with Gasteiger partial charge in [0.25, 0.3) is 0 Å². The molecule has 0 saturated carbocycles. The Labute approximate surface area is 160 Å². The van der Waals surface area contributed by atoms with E-state index < -0.39 is 15.4 Å². The van der Waals surface area contributed by atoms with Gasteiger partial charge in [-0.3, -0.25) is 0 Å². The summed E-state index contributed by atoms with van der Waals surface area (Å²) >= 11 is 0. The van der Waals surface area contributed by atoms with E-state index in [-0.39, 0.29) is 17.8 Å². The summed E-state index contributed by atoms with van der Waals surface area (Å²) in [4.78, 5) is 4.08. The minimum Gasteiger partial charge on any atom is -0.743 e. The van der Waals surface area contributed by atoms with Crippen LogP contribution in [0.15, 0.2) is 106 Å². The van der Waals surface area contributed by atoms with Crippen LogP contribution in [0.2, 0.25) is 0 Å². The summed E-state index contributed by atoms with van der Waals surface area (Å²) in [6.07, 6.45) is 0. The fourth-order valence-corrected chi connectivity index (χ4v) is 4.18. The Hall–Kier alpha value is -2.22. The van der Waals surface area contributed by atoms with Gasteiger partial charge in [0, 0.05) is 6.92 Å². The zero-order valence-corrected chi connectivity index (χ0v) is 16.1. The van der Waals surface area contributed by atoms with Gasteiger partial charge in [-0.2, -0.15) is 8.78 Å². The van der Waals surface area contributed by atoms with E-state index in [1.54, 1.807) is 0 Å². The van der Waals surface area contributed by atoms with Crippen molar-refractivity contribution in [2.45, 2.75) is 26.9 Å². The van der Waals surface area contributed by atoms with E-state index in [4.69, 9.17) is 0 Å². The molecule has 7 heteroatoms. The van der Waals surface area contributed by atoms with E-state index in [9.17, 15) is 21.8 Å². The summed E-state index contributed by atoms with van der Waals surface area (Å²) < 4.78 is 50.7. The van der Waals surface area contributed by atoms with E-state index in [0.29, 0.717) is 0 Å². The maximum Gasteiger partial charge on any atom is 0.331 e. The van der Waals surface area contributed by atoms with Crippen molar-refractivity contribution in [3.05, 3.63) is 91.0 Å². The third kappa shape index (κ3) is 6.16. The molecule has 3 aromatic carbocycles. The molecule has 0 bridgehead atoms. The molecule has 142 valence electrons. The van der Waals surface area contributed by atoms with Gasteiger partial charge in [-0.25, -0.2) is 8.42 Å². The number of halogens is 2. The maximum absolute atomic E-state index is 11.3. The average Bonchev–Trinajstić information content (AvgIpc) is 2.64. The average molecular weight is 408 g/mol. The fourth-order valence-electron chi connectivity index (χ4n) is 2.08. The highest BCUT2D eigenvalue weighted by Gasteiger charge is 2.30. The molecule has 0 atom stereocenters. The van der Waals surface area contributed by atoms with Gasteiger partial charge < -0.3 is 4.55 Å². The zero-order chi connectivity index (χ0) is 19.9. The molecule has 0 radical (unpaired) electrons. The lowest BCUT2D eigenvalue weighted by Gasteiger charge is -2.13. The van der Waals surface area contributed by atoms with Gasteiger partial charge in [0.15, 0.2) is 24.8 Å². The van der Waals surface area contributed by atoms with Gasteiger partial charge >= 0.3 is 5.25 Å². The molecule has 0 aliphatic carbocycles. The summed E-state index contributed by atoms with van der Waals surface area (Å²) in [7, 11) is -5.44. The first-order valence-electron chi connectivity index (χ1n) is 7.93. The first-order chi connectivity index (χ1) is 12.7. The molecule has 0 saturated heterocycles. The quantitative estimate of drug-likeness (QED) is 0.454. The van der Waals surface area contributed by atoms with Crippen molar-refractivity contribution in [2.75, 3.05) is 0 Å². The third-order valence-corrected chi connectivity index (χ3v) is 6.48. The molecule has 0 aliphatic heterocycles. The molecule has 3 aromatic rings. The molecule has 0 N–H and O–H groups in total. The molecular formula is C20H18F2O3S2. The maximum atomic E-state index is 11.3. The van der Waals surface area contributed by atoms with Crippen molar-refractivity contribution >= 4 is 21.0 Å². The van der Waals surface area contributed by atoms with Crippen LogP contribution in [0.25, 0.3) is 0 Å². The van der Waals surface area contributed by atoms with Crippen LogP contribution in [-0.2, 0) is 21.0 Å². The van der Waals surface area contributed by atoms with E-state index in [0.717, 1.165) is 0 Å². The summed E-state index contributed by atoms with van der Waals surface area (Å²) in [6.45, 7) is 0.0370. The Morgan fingerprint density at radius 2 is 0.926 bits per heavy atom. The summed E-state index contributed by atoms with van der Waals surface area (Å²) in [5.74, 6) is 0. The molecule has 0 spiro atoms. The van der Waals surface area contributed by atoms with Gasteiger partial charge in [-0.15, -0.1) is 0 Å². The number of alkyl halides is 2. The summed E-state index contributed by atoms with van der Waals surface area (Å²) in [5.41, 5.74) is 0. The van der Waals surface area contributed by atoms with Crippen molar-refractivity contribution < 1.29 is 21.8 Å². The van der Waals surface area contributed by atoms with E-state index in [1.165, 1.54) is 14.7 Å². The Balaban J connectivity index is 0.000000279. The smallest absolute Gasteiger partial charge is 0.331 e. The Morgan fingerprint density at radius 1 is 0.704 bits per heavy atom. The first kappa shape index (κ1) is 21.1. The van der Waals surface area contributed by atoms with Crippen molar-refractivity contribution in [1.29, 1.82) is 0 Å². The standard InChI is InChI=1S/C18H15S.C2H4F2O3S/c1-4-10-16(11-5-1)19(17-12-6-2-7-13-17)18-14-8-3-9-15-18;1-2(3,4)8(5,6)7/h1-15H;1H3,(H,5,6,7)/q+1;/p-1. The van der Waals surface area contributed by atoms with Crippen LogP contribution in [-0.4, -0.2) is 18.2 Å². The van der Waals surface area contributed by atoms with Crippen LogP contribution in [0.1, 0.15) is 6.92 Å². The fraction of sp³-hybridized carbons (Fsp3) is 0.100. The minimum absolute atomic E-state index is 0.0146. The van der Waals surface area contributed by atoms with Gasteiger partial charge in [-0.05, 0) is 36.4 Å². The number of hydrogen-bond donors (Lipinski definition) is 0. The number of benzene rings is 3. The molecule has 0 heterocycles. The predicted molar refractivity (Wildman–Crippen MR) is 102 cm³/mol. The largest absolute Gasteiger partial charge is 0.743 e. The lowest BCUT2D eigenvalue weighted by molar-refractivity contribution is 0.100. The van der Waals surface area contributed by atoms with Crippen molar-refractivity contribution in [3.63, 3.8) is 0 Å². The SMILES string of the molecule is CC(F)(F)S(=O)(=O)[O-].c1ccc([S+](c2ccccc2)c2ccccc2)cc1. The van der Waals surface area contributed by atoms with Crippen LogP contribution < -0.4 is 0 Å². The van der Waals surface area contributed by atoms with E-state index >= 15 is 0 Å². The minimum atomic E-state index is -5.42. The molecule has 0 aliphatic rings. The van der Waals surface area contributed by atoms with Crippen LogP contribution in [0, 0.1) is 0 Å². The van der Waals surface area contributed by atoms with E-state index in [2.05, 4.69) is 91.0 Å². The second kappa shape index (κ2) is 9.12. The van der Waals surface area contributed by atoms with E-state index in [1.807, 2.05) is 0 Å². The van der Waals surface area contributed by atoms with Crippen LogP contribution in [0.5, 0.6) is 0 Å². The van der Waals surface area contributed by atoms with Gasteiger partial charge in [0.1, 0.15) is 0 Å². The van der Waals surface area contributed by atoms with Gasteiger partial charge in [0.2, 0.25) is 0 Å². The normalized spacial score (nSPS) is 11.6. The van der Waals surface area contributed by atoms with Crippen LogP contribution >= 0.6 is 0 Å².